The Hall–Kier alpha value is 0.250. The molecular formula is C3H5NaO9S2. The van der Waals surface area contributed by atoms with E-state index in [4.69, 9.17) is 5.11 Å². The summed E-state index contributed by atoms with van der Waals surface area (Å²) < 4.78 is 56.4. The first-order valence-electron chi connectivity index (χ1n) is 2.87. The van der Waals surface area contributed by atoms with Crippen molar-refractivity contribution < 1.29 is 68.7 Å². The molecule has 0 saturated carbocycles. The van der Waals surface area contributed by atoms with E-state index in [1.807, 2.05) is 0 Å². The fourth-order valence-corrected chi connectivity index (χ4v) is 1.55. The Bertz CT molecular complexity index is 405. The SMILES string of the molecule is CC(O)C(=O)OS(=O)(=O)OS(=O)(=O)[O-].[Na+]. The van der Waals surface area contributed by atoms with E-state index in [2.05, 4.69) is 7.81 Å². The van der Waals surface area contributed by atoms with Crippen LogP contribution in [0.2, 0.25) is 0 Å². The first-order chi connectivity index (χ1) is 6.03. The zero-order valence-corrected chi connectivity index (χ0v) is 11.2. The first kappa shape index (κ1) is 17.6. The van der Waals surface area contributed by atoms with E-state index in [1.165, 1.54) is 0 Å². The second-order valence-electron chi connectivity index (χ2n) is 1.96. The number of hydrogen-bond donors (Lipinski definition) is 1. The van der Waals surface area contributed by atoms with Gasteiger partial charge in [-0.25, -0.2) is 13.2 Å². The molecule has 0 aliphatic heterocycles. The van der Waals surface area contributed by atoms with Crippen LogP contribution in [0.1, 0.15) is 6.92 Å². The van der Waals surface area contributed by atoms with Crippen LogP contribution in [0, 0.1) is 0 Å². The molecule has 0 radical (unpaired) electrons. The van der Waals surface area contributed by atoms with Gasteiger partial charge in [0.1, 0.15) is 6.10 Å². The third-order valence-electron chi connectivity index (χ3n) is 0.692. The van der Waals surface area contributed by atoms with Gasteiger partial charge in [0.05, 0.1) is 0 Å². The minimum Gasteiger partial charge on any atom is -0.725 e. The number of rotatable bonds is 4. The van der Waals surface area contributed by atoms with E-state index >= 15 is 0 Å². The molecule has 0 rings (SSSR count). The maximum Gasteiger partial charge on any atom is 1.00 e. The molecule has 0 aromatic rings. The van der Waals surface area contributed by atoms with Crippen LogP contribution >= 0.6 is 0 Å². The van der Waals surface area contributed by atoms with E-state index in [-0.39, 0.29) is 29.6 Å². The summed E-state index contributed by atoms with van der Waals surface area (Å²) in [5.41, 5.74) is 0. The summed E-state index contributed by atoms with van der Waals surface area (Å²) in [5.74, 6) is -1.67. The van der Waals surface area contributed by atoms with Crippen LogP contribution in [0.25, 0.3) is 0 Å². The summed E-state index contributed by atoms with van der Waals surface area (Å²) in [7, 11) is -10.8. The van der Waals surface area contributed by atoms with Gasteiger partial charge in [-0.15, -0.1) is 3.63 Å². The van der Waals surface area contributed by atoms with Crippen molar-refractivity contribution in [3.05, 3.63) is 0 Å². The molecule has 0 aliphatic rings. The van der Waals surface area contributed by atoms with Crippen LogP contribution in [0.5, 0.6) is 0 Å². The number of carbonyl (C=O) groups excluding carboxylic acids is 1. The van der Waals surface area contributed by atoms with Crippen molar-refractivity contribution in [2.24, 2.45) is 0 Å². The third-order valence-corrected chi connectivity index (χ3v) is 2.39. The number of hydrogen-bond acceptors (Lipinski definition) is 9. The van der Waals surface area contributed by atoms with Gasteiger partial charge in [0.2, 0.25) is 10.4 Å². The van der Waals surface area contributed by atoms with Crippen LogP contribution in [0.4, 0.5) is 0 Å². The molecule has 1 unspecified atom stereocenters. The zero-order valence-electron chi connectivity index (χ0n) is 7.61. The molecule has 0 amide bonds. The number of aliphatic hydroxyl groups is 1. The summed E-state index contributed by atoms with van der Waals surface area (Å²) in [6.07, 6.45) is -1.80. The van der Waals surface area contributed by atoms with Crippen LogP contribution in [-0.2, 0) is 33.4 Å². The van der Waals surface area contributed by atoms with Crippen molar-refractivity contribution in [2.75, 3.05) is 0 Å². The standard InChI is InChI=1S/C3H6O9S2.Na/c1-2(4)3(5)11-14(9,10)12-13(6,7)8;/h2,4H,1H3,(H,6,7,8);/q;+1/p-1. The molecule has 0 bridgehead atoms. The minimum atomic E-state index is -5.55. The van der Waals surface area contributed by atoms with Crippen molar-refractivity contribution in [3.8, 4) is 0 Å². The normalized spacial score (nSPS) is 13.8. The number of carbonyl (C=O) groups is 1. The molecule has 1 atom stereocenters. The molecular weight excluding hydrogens is 267 g/mol. The Morgan fingerprint density at radius 3 is 2.00 bits per heavy atom. The zero-order chi connectivity index (χ0) is 11.6. The van der Waals surface area contributed by atoms with Gasteiger partial charge in [-0.1, -0.05) is 0 Å². The molecule has 9 nitrogen and oxygen atoms in total. The minimum absolute atomic E-state index is 0. The van der Waals surface area contributed by atoms with E-state index < -0.39 is 32.9 Å². The summed E-state index contributed by atoms with van der Waals surface area (Å²) in [4.78, 5) is 10.4. The molecule has 0 aliphatic carbocycles. The monoisotopic (exact) mass is 272 g/mol. The van der Waals surface area contributed by atoms with Gasteiger partial charge in [0.25, 0.3) is 0 Å². The molecule has 0 heterocycles. The van der Waals surface area contributed by atoms with Crippen LogP contribution in [0.3, 0.4) is 0 Å². The van der Waals surface area contributed by atoms with Gasteiger partial charge in [-0.3, -0.25) is 0 Å². The van der Waals surface area contributed by atoms with Crippen molar-refractivity contribution in [3.63, 3.8) is 0 Å². The van der Waals surface area contributed by atoms with Gasteiger partial charge >= 0.3 is 45.9 Å². The van der Waals surface area contributed by atoms with E-state index in [0.29, 0.717) is 0 Å². The van der Waals surface area contributed by atoms with Crippen LogP contribution < -0.4 is 29.6 Å². The fourth-order valence-electron chi connectivity index (χ4n) is 0.286. The number of aliphatic hydroxyl groups excluding tert-OH is 1. The topological polar surface area (TPSA) is 147 Å². The summed E-state index contributed by atoms with van der Waals surface area (Å²) in [5, 5.41) is 8.46. The largest absolute Gasteiger partial charge is 1.00 e. The molecule has 0 fully saturated rings. The first-order valence-corrected chi connectivity index (χ1v) is 5.53. The van der Waals surface area contributed by atoms with E-state index in [0.717, 1.165) is 6.92 Å². The second-order valence-corrected chi connectivity index (χ2v) is 4.31. The van der Waals surface area contributed by atoms with E-state index in [1.54, 1.807) is 0 Å². The summed E-state index contributed by atoms with van der Waals surface area (Å²) in [6.45, 7) is 0.865. The summed E-state index contributed by atoms with van der Waals surface area (Å²) in [6, 6.07) is 0. The smallest absolute Gasteiger partial charge is 0.725 e. The van der Waals surface area contributed by atoms with Crippen LogP contribution in [-0.4, -0.2) is 38.6 Å². The van der Waals surface area contributed by atoms with Gasteiger partial charge in [0.15, 0.2) is 0 Å². The molecule has 15 heavy (non-hydrogen) atoms. The predicted octanol–water partition coefficient (Wildman–Crippen LogP) is -5.36. The van der Waals surface area contributed by atoms with Crippen molar-refractivity contribution >= 4 is 26.8 Å². The quantitative estimate of drug-likeness (QED) is 0.301. The van der Waals surface area contributed by atoms with Crippen molar-refractivity contribution in [2.45, 2.75) is 13.0 Å². The molecule has 84 valence electrons. The Morgan fingerprint density at radius 2 is 1.73 bits per heavy atom. The van der Waals surface area contributed by atoms with Crippen molar-refractivity contribution in [1.82, 2.24) is 0 Å². The molecule has 12 heteroatoms. The molecule has 0 saturated heterocycles. The Morgan fingerprint density at radius 1 is 1.33 bits per heavy atom. The fraction of sp³-hybridized carbons (Fsp3) is 0.667. The molecule has 0 aromatic carbocycles. The second kappa shape index (κ2) is 6.10. The van der Waals surface area contributed by atoms with Gasteiger partial charge in [0, 0.05) is 0 Å². The van der Waals surface area contributed by atoms with Gasteiger partial charge in [-0.2, -0.15) is 8.42 Å². The predicted molar refractivity (Wildman–Crippen MR) is 37.5 cm³/mol. The maximum atomic E-state index is 10.4. The van der Waals surface area contributed by atoms with Gasteiger partial charge < -0.3 is 13.8 Å². The van der Waals surface area contributed by atoms with Crippen molar-refractivity contribution in [1.29, 1.82) is 0 Å². The van der Waals surface area contributed by atoms with Gasteiger partial charge in [-0.05, 0) is 6.92 Å². The average molecular weight is 272 g/mol. The Kier molecular flexibility index (Phi) is 7.17. The molecule has 0 spiro atoms. The average Bonchev–Trinajstić information content (AvgIpc) is 1.78. The van der Waals surface area contributed by atoms with E-state index in [9.17, 15) is 26.2 Å². The van der Waals surface area contributed by atoms with Crippen LogP contribution in [0.15, 0.2) is 0 Å². The summed E-state index contributed by atoms with van der Waals surface area (Å²) >= 11 is 0. The molecule has 1 N–H and O–H groups in total. The third kappa shape index (κ3) is 9.19. The maximum absolute atomic E-state index is 10.4. The molecule has 0 aromatic heterocycles. The Labute approximate surface area is 108 Å². The Balaban J connectivity index is 0.